The van der Waals surface area contributed by atoms with Gasteiger partial charge in [0, 0.05) is 12.6 Å². The van der Waals surface area contributed by atoms with Gasteiger partial charge in [-0.25, -0.2) is 0 Å². The van der Waals surface area contributed by atoms with Gasteiger partial charge in [-0.2, -0.15) is 0 Å². The van der Waals surface area contributed by atoms with Crippen molar-refractivity contribution in [2.24, 2.45) is 5.92 Å². The molecule has 0 heterocycles. The predicted molar refractivity (Wildman–Crippen MR) is 67.5 cm³/mol. The maximum atomic E-state index is 10.5. The van der Waals surface area contributed by atoms with Gasteiger partial charge in [0.1, 0.15) is 0 Å². The van der Waals surface area contributed by atoms with Crippen molar-refractivity contribution in [3.63, 3.8) is 0 Å². The molecule has 0 unspecified atom stereocenters. The van der Waals surface area contributed by atoms with Gasteiger partial charge in [-0.05, 0) is 44.4 Å². The summed E-state index contributed by atoms with van der Waals surface area (Å²) in [6.07, 6.45) is 11.1. The van der Waals surface area contributed by atoms with Gasteiger partial charge in [0.25, 0.3) is 0 Å². The average Bonchev–Trinajstić information content (AvgIpc) is 2.81. The molecule has 0 aromatic heterocycles. The number of aliphatic hydroxyl groups is 1. The fourth-order valence-electron chi connectivity index (χ4n) is 3.26. The van der Waals surface area contributed by atoms with Crippen molar-refractivity contribution in [2.45, 2.75) is 76.4 Å². The Hall–Kier alpha value is -0.0800. The molecular formula is C14H27NO. The van der Waals surface area contributed by atoms with Crippen LogP contribution in [-0.2, 0) is 0 Å². The van der Waals surface area contributed by atoms with Gasteiger partial charge in [-0.1, -0.05) is 26.2 Å². The Labute approximate surface area is 99.8 Å². The molecule has 2 nitrogen and oxygen atoms in total. The molecule has 0 spiro atoms. The van der Waals surface area contributed by atoms with E-state index < -0.39 is 5.60 Å². The van der Waals surface area contributed by atoms with E-state index in [4.69, 9.17) is 0 Å². The average molecular weight is 225 g/mol. The van der Waals surface area contributed by atoms with E-state index in [1.165, 1.54) is 44.9 Å². The Kier molecular flexibility index (Phi) is 4.26. The van der Waals surface area contributed by atoms with Gasteiger partial charge in [0.05, 0.1) is 5.60 Å². The lowest BCUT2D eigenvalue weighted by atomic mass is 9.78. The Morgan fingerprint density at radius 3 is 2.31 bits per heavy atom. The van der Waals surface area contributed by atoms with E-state index >= 15 is 0 Å². The van der Waals surface area contributed by atoms with Crippen LogP contribution in [-0.4, -0.2) is 23.3 Å². The molecule has 2 fully saturated rings. The van der Waals surface area contributed by atoms with Crippen molar-refractivity contribution in [1.29, 1.82) is 0 Å². The first-order valence-corrected chi connectivity index (χ1v) is 7.17. The lowest BCUT2D eigenvalue weighted by Gasteiger charge is -2.36. The normalized spacial score (nSPS) is 36.8. The molecule has 2 aliphatic carbocycles. The lowest BCUT2D eigenvalue weighted by Crippen LogP contribution is -2.46. The molecule has 0 radical (unpaired) electrons. The van der Waals surface area contributed by atoms with Crippen molar-refractivity contribution in [1.82, 2.24) is 5.32 Å². The van der Waals surface area contributed by atoms with Gasteiger partial charge in [0.15, 0.2) is 0 Å². The summed E-state index contributed by atoms with van der Waals surface area (Å²) in [5.41, 5.74) is -0.395. The Morgan fingerprint density at radius 2 is 1.75 bits per heavy atom. The van der Waals surface area contributed by atoms with E-state index in [1.807, 2.05) is 0 Å². The van der Waals surface area contributed by atoms with Gasteiger partial charge in [-0.15, -0.1) is 0 Å². The molecule has 0 amide bonds. The maximum absolute atomic E-state index is 10.5. The molecule has 0 bridgehead atoms. The highest BCUT2D eigenvalue weighted by molar-refractivity contribution is 4.88. The van der Waals surface area contributed by atoms with Crippen molar-refractivity contribution in [2.75, 3.05) is 6.54 Å². The van der Waals surface area contributed by atoms with Crippen molar-refractivity contribution in [3.05, 3.63) is 0 Å². The van der Waals surface area contributed by atoms with E-state index in [-0.39, 0.29) is 0 Å². The van der Waals surface area contributed by atoms with Crippen molar-refractivity contribution >= 4 is 0 Å². The van der Waals surface area contributed by atoms with Crippen molar-refractivity contribution in [3.8, 4) is 0 Å². The second-order valence-electron chi connectivity index (χ2n) is 5.94. The molecule has 2 N–H and O–H groups in total. The van der Waals surface area contributed by atoms with E-state index in [0.29, 0.717) is 6.04 Å². The number of rotatable bonds is 4. The maximum Gasteiger partial charge on any atom is 0.0771 e. The van der Waals surface area contributed by atoms with E-state index in [9.17, 15) is 5.11 Å². The fraction of sp³-hybridized carbons (Fsp3) is 1.00. The molecule has 2 heteroatoms. The van der Waals surface area contributed by atoms with E-state index in [2.05, 4.69) is 12.2 Å². The highest BCUT2D eigenvalue weighted by Gasteiger charge is 2.33. The summed E-state index contributed by atoms with van der Waals surface area (Å²) in [7, 11) is 0. The minimum absolute atomic E-state index is 0.395. The van der Waals surface area contributed by atoms with E-state index in [0.717, 1.165) is 25.3 Å². The summed E-state index contributed by atoms with van der Waals surface area (Å²) in [6.45, 7) is 3.10. The minimum atomic E-state index is -0.395. The molecule has 94 valence electrons. The van der Waals surface area contributed by atoms with Gasteiger partial charge < -0.3 is 10.4 Å². The number of hydrogen-bond acceptors (Lipinski definition) is 2. The zero-order valence-corrected chi connectivity index (χ0v) is 10.7. The van der Waals surface area contributed by atoms with Gasteiger partial charge in [0.2, 0.25) is 0 Å². The third-order valence-electron chi connectivity index (χ3n) is 4.69. The second kappa shape index (κ2) is 5.50. The molecule has 0 saturated heterocycles. The topological polar surface area (TPSA) is 32.3 Å². The zero-order valence-electron chi connectivity index (χ0n) is 10.7. The summed E-state index contributed by atoms with van der Waals surface area (Å²) < 4.78 is 0. The lowest BCUT2D eigenvalue weighted by molar-refractivity contribution is -0.0105. The van der Waals surface area contributed by atoms with Crippen LogP contribution in [0.4, 0.5) is 0 Å². The van der Waals surface area contributed by atoms with E-state index in [1.54, 1.807) is 0 Å². The van der Waals surface area contributed by atoms with Crippen LogP contribution in [0.15, 0.2) is 0 Å². The first kappa shape index (κ1) is 12.4. The Morgan fingerprint density at radius 1 is 1.12 bits per heavy atom. The molecule has 0 aromatic rings. The highest BCUT2D eigenvalue weighted by atomic mass is 16.3. The summed E-state index contributed by atoms with van der Waals surface area (Å²) >= 11 is 0. The Balaban J connectivity index is 1.71. The van der Waals surface area contributed by atoms with Crippen LogP contribution in [0.2, 0.25) is 0 Å². The van der Waals surface area contributed by atoms with Crippen LogP contribution >= 0.6 is 0 Å². The predicted octanol–water partition coefficient (Wildman–Crippen LogP) is 2.85. The van der Waals surface area contributed by atoms with Crippen LogP contribution in [0.25, 0.3) is 0 Å². The summed E-state index contributed by atoms with van der Waals surface area (Å²) in [6, 6.07) is 0.688. The van der Waals surface area contributed by atoms with Gasteiger partial charge in [-0.3, -0.25) is 0 Å². The molecule has 0 aromatic carbocycles. The van der Waals surface area contributed by atoms with Crippen molar-refractivity contribution < 1.29 is 5.11 Å². The van der Waals surface area contributed by atoms with Crippen LogP contribution in [0.5, 0.6) is 0 Å². The SMILES string of the molecule is CCC1CCC(O)(CNC2CCCC2)CC1. The van der Waals surface area contributed by atoms with Crippen LogP contribution in [0.1, 0.15) is 64.7 Å². The molecule has 2 rings (SSSR count). The molecule has 0 atom stereocenters. The smallest absolute Gasteiger partial charge is 0.0771 e. The second-order valence-corrected chi connectivity index (χ2v) is 5.94. The highest BCUT2D eigenvalue weighted by Crippen LogP contribution is 2.33. The number of nitrogens with one attached hydrogen (secondary N) is 1. The van der Waals surface area contributed by atoms with Crippen LogP contribution in [0, 0.1) is 5.92 Å². The molecule has 2 aliphatic rings. The zero-order chi connectivity index (χ0) is 11.4. The largest absolute Gasteiger partial charge is 0.389 e. The summed E-state index contributed by atoms with van der Waals surface area (Å²) in [4.78, 5) is 0. The number of hydrogen-bond donors (Lipinski definition) is 2. The molecule has 16 heavy (non-hydrogen) atoms. The first-order valence-electron chi connectivity index (χ1n) is 7.17. The molecular weight excluding hydrogens is 198 g/mol. The Bertz CT molecular complexity index is 203. The summed E-state index contributed by atoms with van der Waals surface area (Å²) in [5, 5.41) is 14.1. The van der Waals surface area contributed by atoms with Crippen LogP contribution < -0.4 is 5.32 Å². The molecule has 0 aliphatic heterocycles. The monoisotopic (exact) mass is 225 g/mol. The quantitative estimate of drug-likeness (QED) is 0.771. The first-order chi connectivity index (χ1) is 7.72. The van der Waals surface area contributed by atoms with Gasteiger partial charge >= 0.3 is 0 Å². The van der Waals surface area contributed by atoms with Crippen LogP contribution in [0.3, 0.4) is 0 Å². The standard InChI is InChI=1S/C14H27NO/c1-2-12-7-9-14(16,10-8-12)11-15-13-5-3-4-6-13/h12-13,15-16H,2-11H2,1H3. The summed E-state index contributed by atoms with van der Waals surface area (Å²) in [5.74, 6) is 0.867. The minimum Gasteiger partial charge on any atom is -0.389 e. The fourth-order valence-corrected chi connectivity index (χ4v) is 3.26. The molecule has 2 saturated carbocycles. The third-order valence-corrected chi connectivity index (χ3v) is 4.69. The third kappa shape index (κ3) is 3.21.